The molecule has 0 aliphatic carbocycles. The van der Waals surface area contributed by atoms with Crippen LogP contribution in [0.5, 0.6) is 5.75 Å². The lowest BCUT2D eigenvalue weighted by Crippen LogP contribution is -2.36. The van der Waals surface area contributed by atoms with Gasteiger partial charge in [0.05, 0.1) is 18.6 Å². The SMILES string of the molecule is COc1ccc(-c2nc(CS(=O)(=O)CC(=O)NCCN3CCCC3)c(C)o2)cc1. The first-order valence-corrected chi connectivity index (χ1v) is 11.5. The van der Waals surface area contributed by atoms with Gasteiger partial charge in [0.15, 0.2) is 9.84 Å². The van der Waals surface area contributed by atoms with Gasteiger partial charge in [-0.05, 0) is 57.1 Å². The second kappa shape index (κ2) is 9.41. The third-order valence-electron chi connectivity index (χ3n) is 4.89. The number of sulfone groups is 1. The van der Waals surface area contributed by atoms with Gasteiger partial charge >= 0.3 is 0 Å². The zero-order valence-electron chi connectivity index (χ0n) is 16.8. The zero-order chi connectivity index (χ0) is 20.9. The standard InChI is InChI=1S/C20H27N3O5S/c1-15-18(22-20(28-15)16-5-7-17(27-2)8-6-16)13-29(25,26)14-19(24)21-9-12-23-10-3-4-11-23/h5-8H,3-4,9-14H2,1-2H3,(H,21,24). The smallest absolute Gasteiger partial charge is 0.235 e. The summed E-state index contributed by atoms with van der Waals surface area (Å²) in [5, 5.41) is 2.69. The number of likely N-dealkylation sites (tertiary alicyclic amines) is 1. The Balaban J connectivity index is 1.56. The van der Waals surface area contributed by atoms with E-state index in [9.17, 15) is 13.2 Å². The van der Waals surface area contributed by atoms with Crippen LogP contribution in [0.3, 0.4) is 0 Å². The molecule has 1 amide bonds. The lowest BCUT2D eigenvalue weighted by Gasteiger charge is -2.14. The first kappa shape index (κ1) is 21.3. The normalized spacial score (nSPS) is 14.8. The van der Waals surface area contributed by atoms with E-state index in [2.05, 4.69) is 15.2 Å². The molecule has 2 aromatic rings. The minimum absolute atomic E-state index is 0.320. The molecule has 8 nitrogen and oxygen atoms in total. The number of carbonyl (C=O) groups is 1. The van der Waals surface area contributed by atoms with E-state index in [-0.39, 0.29) is 5.75 Å². The van der Waals surface area contributed by atoms with Gasteiger partial charge < -0.3 is 19.4 Å². The molecule has 0 atom stereocenters. The van der Waals surface area contributed by atoms with E-state index < -0.39 is 21.5 Å². The van der Waals surface area contributed by atoms with E-state index in [1.54, 1.807) is 38.3 Å². The Morgan fingerprint density at radius 2 is 1.93 bits per heavy atom. The van der Waals surface area contributed by atoms with Crippen LogP contribution in [0, 0.1) is 6.92 Å². The summed E-state index contributed by atoms with van der Waals surface area (Å²) in [5.41, 5.74) is 1.04. The highest BCUT2D eigenvalue weighted by Crippen LogP contribution is 2.25. The van der Waals surface area contributed by atoms with Crippen LogP contribution in [0.2, 0.25) is 0 Å². The number of aromatic nitrogens is 1. The summed E-state index contributed by atoms with van der Waals surface area (Å²) in [6.07, 6.45) is 2.36. The molecule has 3 rings (SSSR count). The second-order valence-electron chi connectivity index (χ2n) is 7.18. The monoisotopic (exact) mass is 421 g/mol. The molecule has 158 valence electrons. The maximum atomic E-state index is 12.4. The summed E-state index contributed by atoms with van der Waals surface area (Å²) in [7, 11) is -2.07. The number of oxazole rings is 1. The van der Waals surface area contributed by atoms with Crippen LogP contribution in [-0.4, -0.2) is 63.3 Å². The third kappa shape index (κ3) is 6.04. The molecule has 0 bridgehead atoms. The lowest BCUT2D eigenvalue weighted by atomic mass is 10.2. The van der Waals surface area contributed by atoms with E-state index in [1.807, 2.05) is 0 Å². The van der Waals surface area contributed by atoms with Crippen LogP contribution >= 0.6 is 0 Å². The number of nitrogens with one attached hydrogen (secondary N) is 1. The minimum atomic E-state index is -3.65. The lowest BCUT2D eigenvalue weighted by molar-refractivity contribution is -0.118. The van der Waals surface area contributed by atoms with E-state index >= 15 is 0 Å². The van der Waals surface area contributed by atoms with Crippen LogP contribution in [0.4, 0.5) is 0 Å². The summed E-state index contributed by atoms with van der Waals surface area (Å²) < 4.78 is 35.6. The highest BCUT2D eigenvalue weighted by molar-refractivity contribution is 7.91. The average molecular weight is 422 g/mol. The molecule has 1 aliphatic rings. The second-order valence-corrected chi connectivity index (χ2v) is 9.25. The van der Waals surface area contributed by atoms with Crippen molar-refractivity contribution in [3.63, 3.8) is 0 Å². The molecule has 1 N–H and O–H groups in total. The molecule has 0 spiro atoms. The Morgan fingerprint density at radius 3 is 2.59 bits per heavy atom. The van der Waals surface area contributed by atoms with Crippen molar-refractivity contribution in [2.75, 3.05) is 39.0 Å². The topological polar surface area (TPSA) is 102 Å². The van der Waals surface area contributed by atoms with Gasteiger partial charge in [0.2, 0.25) is 11.8 Å². The van der Waals surface area contributed by atoms with Gasteiger partial charge in [0.1, 0.15) is 17.3 Å². The van der Waals surface area contributed by atoms with E-state index in [0.29, 0.717) is 29.6 Å². The molecular formula is C20H27N3O5S. The zero-order valence-corrected chi connectivity index (χ0v) is 17.6. The Bertz CT molecular complexity index is 932. The number of carbonyl (C=O) groups excluding carboxylic acids is 1. The number of aryl methyl sites for hydroxylation is 1. The van der Waals surface area contributed by atoms with Crippen LogP contribution in [0.15, 0.2) is 28.7 Å². The van der Waals surface area contributed by atoms with Crippen molar-refractivity contribution >= 4 is 15.7 Å². The first-order chi connectivity index (χ1) is 13.9. The maximum absolute atomic E-state index is 12.4. The number of hydrogen-bond acceptors (Lipinski definition) is 7. The van der Waals surface area contributed by atoms with E-state index in [0.717, 1.165) is 25.2 Å². The molecule has 1 aromatic carbocycles. The van der Waals surface area contributed by atoms with Crippen molar-refractivity contribution in [3.05, 3.63) is 35.7 Å². The minimum Gasteiger partial charge on any atom is -0.497 e. The van der Waals surface area contributed by atoms with Gasteiger partial charge in [-0.25, -0.2) is 13.4 Å². The van der Waals surface area contributed by atoms with Crippen molar-refractivity contribution in [2.24, 2.45) is 0 Å². The van der Waals surface area contributed by atoms with Crippen molar-refractivity contribution in [1.29, 1.82) is 0 Å². The van der Waals surface area contributed by atoms with E-state index in [1.165, 1.54) is 12.8 Å². The number of rotatable bonds is 9. The summed E-state index contributed by atoms with van der Waals surface area (Å²) in [6, 6.07) is 7.13. The Hall–Kier alpha value is -2.39. The summed E-state index contributed by atoms with van der Waals surface area (Å²) in [6.45, 7) is 4.95. The predicted molar refractivity (Wildman–Crippen MR) is 109 cm³/mol. The van der Waals surface area contributed by atoms with E-state index in [4.69, 9.17) is 9.15 Å². The highest BCUT2D eigenvalue weighted by Gasteiger charge is 2.22. The molecule has 29 heavy (non-hydrogen) atoms. The molecule has 2 heterocycles. The Morgan fingerprint density at radius 1 is 1.24 bits per heavy atom. The quantitative estimate of drug-likeness (QED) is 0.658. The fourth-order valence-electron chi connectivity index (χ4n) is 3.29. The number of ether oxygens (including phenoxy) is 1. The number of benzene rings is 1. The summed E-state index contributed by atoms with van der Waals surface area (Å²) >= 11 is 0. The molecule has 0 radical (unpaired) electrons. The van der Waals surface area contributed by atoms with Crippen LogP contribution < -0.4 is 10.1 Å². The number of methoxy groups -OCH3 is 1. The number of amides is 1. The predicted octanol–water partition coefficient (Wildman–Crippen LogP) is 1.79. The molecule has 1 saturated heterocycles. The van der Waals surface area contributed by atoms with Gasteiger partial charge in [-0.15, -0.1) is 0 Å². The van der Waals surface area contributed by atoms with Gasteiger partial charge in [0, 0.05) is 18.7 Å². The first-order valence-electron chi connectivity index (χ1n) is 9.66. The van der Waals surface area contributed by atoms with Crippen molar-refractivity contribution in [3.8, 4) is 17.2 Å². The Labute approximate surface area is 171 Å². The van der Waals surface area contributed by atoms with Gasteiger partial charge in [-0.1, -0.05) is 0 Å². The largest absolute Gasteiger partial charge is 0.497 e. The van der Waals surface area contributed by atoms with Crippen molar-refractivity contribution in [2.45, 2.75) is 25.5 Å². The van der Waals surface area contributed by atoms with Gasteiger partial charge in [-0.2, -0.15) is 0 Å². The fraction of sp³-hybridized carbons (Fsp3) is 0.500. The van der Waals surface area contributed by atoms with Gasteiger partial charge in [-0.3, -0.25) is 4.79 Å². The maximum Gasteiger partial charge on any atom is 0.235 e. The van der Waals surface area contributed by atoms with Crippen LogP contribution in [0.25, 0.3) is 11.5 Å². The molecule has 1 aliphatic heterocycles. The van der Waals surface area contributed by atoms with Crippen molar-refractivity contribution in [1.82, 2.24) is 15.2 Å². The molecule has 0 unspecified atom stereocenters. The van der Waals surface area contributed by atoms with Crippen LogP contribution in [0.1, 0.15) is 24.3 Å². The Kier molecular flexibility index (Phi) is 6.92. The third-order valence-corrected chi connectivity index (χ3v) is 6.30. The number of hydrogen-bond donors (Lipinski definition) is 1. The number of nitrogens with zero attached hydrogens (tertiary/aromatic N) is 2. The molecule has 1 aromatic heterocycles. The molecule has 0 saturated carbocycles. The van der Waals surface area contributed by atoms with Gasteiger partial charge in [0.25, 0.3) is 0 Å². The fourth-order valence-corrected chi connectivity index (χ4v) is 4.58. The van der Waals surface area contributed by atoms with Crippen LogP contribution in [-0.2, 0) is 20.4 Å². The average Bonchev–Trinajstić information content (AvgIpc) is 3.31. The molecule has 9 heteroatoms. The summed E-state index contributed by atoms with van der Waals surface area (Å²) in [5.74, 6) is 0.0883. The van der Waals surface area contributed by atoms with Crippen molar-refractivity contribution < 1.29 is 22.4 Å². The molecular weight excluding hydrogens is 394 g/mol. The summed E-state index contributed by atoms with van der Waals surface area (Å²) in [4.78, 5) is 18.6. The molecule has 1 fully saturated rings. The highest BCUT2D eigenvalue weighted by atomic mass is 32.2.